The molecule has 0 aromatic heterocycles. The lowest BCUT2D eigenvalue weighted by Crippen LogP contribution is -2.41. The number of carbonyl (C=O) groups is 1. The third-order valence-corrected chi connectivity index (χ3v) is 4.45. The van der Waals surface area contributed by atoms with E-state index in [0.717, 1.165) is 12.8 Å². The fourth-order valence-electron chi connectivity index (χ4n) is 2.57. The second-order valence-corrected chi connectivity index (χ2v) is 8.11. The highest BCUT2D eigenvalue weighted by Crippen LogP contribution is 2.06. The van der Waals surface area contributed by atoms with Crippen LogP contribution in [0.5, 0.6) is 0 Å². The first-order valence-electron chi connectivity index (χ1n) is 10.1. The predicted octanol–water partition coefficient (Wildman–Crippen LogP) is 2.33. The van der Waals surface area contributed by atoms with Gasteiger partial charge >= 0.3 is 22.7 Å². The average Bonchev–Trinajstić information content (AvgIpc) is 2.96. The fourth-order valence-corrected chi connectivity index (χ4v) is 2.90. The molecule has 1 unspecified atom stereocenters. The van der Waals surface area contributed by atoms with Gasteiger partial charge in [-0.05, 0) is 13.3 Å². The first kappa shape index (κ1) is 27.7. The molecule has 0 aromatic carbocycles. The Morgan fingerprint density at radius 1 is 1.07 bits per heavy atom. The van der Waals surface area contributed by atoms with E-state index in [1.807, 2.05) is 44.3 Å². The van der Waals surface area contributed by atoms with Gasteiger partial charge in [0.25, 0.3) is 0 Å². The van der Waals surface area contributed by atoms with Crippen molar-refractivity contribution in [3.05, 3.63) is 12.4 Å². The lowest BCUT2D eigenvalue weighted by molar-refractivity contribution is -0.759. The van der Waals surface area contributed by atoms with Gasteiger partial charge in [0.05, 0.1) is 20.3 Å². The summed E-state index contributed by atoms with van der Waals surface area (Å²) >= 11 is 0. The molecule has 1 aliphatic heterocycles. The molecule has 1 aliphatic rings. The van der Waals surface area contributed by atoms with Crippen molar-refractivity contribution in [2.75, 3.05) is 47.1 Å². The van der Waals surface area contributed by atoms with E-state index >= 15 is 0 Å². The van der Waals surface area contributed by atoms with Crippen LogP contribution in [0, 0.1) is 0 Å². The van der Waals surface area contributed by atoms with Crippen LogP contribution in [0.3, 0.4) is 0 Å². The van der Waals surface area contributed by atoms with Gasteiger partial charge < -0.3 is 9.47 Å². The van der Waals surface area contributed by atoms with Crippen molar-refractivity contribution >= 4 is 22.7 Å². The number of hydrogen-bond donors (Lipinski definition) is 1. The Labute approximate surface area is 175 Å². The molecule has 0 bridgehead atoms. The first-order chi connectivity index (χ1) is 13.6. The Hall–Kier alpha value is -1.33. The van der Waals surface area contributed by atoms with Gasteiger partial charge in [-0.1, -0.05) is 39.0 Å². The molecular formula is C19H38N2O7S+2. The Balaban J connectivity index is 0.000000555. The molecule has 0 saturated carbocycles. The minimum atomic E-state index is -4.22. The van der Waals surface area contributed by atoms with Crippen LogP contribution in [0.2, 0.25) is 0 Å². The third-order valence-electron chi connectivity index (χ3n) is 3.98. The number of carbonyl (C=O) groups excluding carboxylic acids is 1. The summed E-state index contributed by atoms with van der Waals surface area (Å²) in [7, 11) is -0.342. The Morgan fingerprint density at radius 3 is 2.28 bits per heavy atom. The number of rotatable bonds is 14. The third kappa shape index (κ3) is 17.3. The van der Waals surface area contributed by atoms with Gasteiger partial charge in [-0.2, -0.15) is 13.0 Å². The van der Waals surface area contributed by atoms with Gasteiger partial charge in [0.2, 0.25) is 6.20 Å². The Kier molecular flexibility index (Phi) is 14.8. The lowest BCUT2D eigenvalue weighted by Gasteiger charge is -2.16. The summed E-state index contributed by atoms with van der Waals surface area (Å²) in [4.78, 5) is 11.5. The van der Waals surface area contributed by atoms with Crippen LogP contribution in [-0.4, -0.2) is 81.4 Å². The lowest BCUT2D eigenvalue weighted by atomic mass is 10.1. The van der Waals surface area contributed by atoms with Gasteiger partial charge in [-0.3, -0.25) is 4.55 Å². The molecule has 1 N–H and O–H groups in total. The fraction of sp³-hybridized carbons (Fsp3) is 0.789. The molecule has 9 nitrogen and oxygen atoms in total. The van der Waals surface area contributed by atoms with E-state index < -0.39 is 10.4 Å². The number of hydrogen-bond acceptors (Lipinski definition) is 6. The maximum atomic E-state index is 11.5. The van der Waals surface area contributed by atoms with E-state index in [4.69, 9.17) is 14.0 Å². The molecule has 29 heavy (non-hydrogen) atoms. The van der Waals surface area contributed by atoms with Crippen LogP contribution in [-0.2, 0) is 28.9 Å². The van der Waals surface area contributed by atoms with Crippen molar-refractivity contribution < 1.29 is 40.5 Å². The summed E-state index contributed by atoms with van der Waals surface area (Å²) in [6.45, 7) is 5.89. The molecule has 0 aliphatic carbocycles. The monoisotopic (exact) mass is 438 g/mol. The number of nitrogens with zero attached hydrogens (tertiary/aromatic N) is 2. The second-order valence-electron chi connectivity index (χ2n) is 7.02. The van der Waals surface area contributed by atoms with Crippen LogP contribution in [0.4, 0.5) is 0 Å². The van der Waals surface area contributed by atoms with E-state index in [0.29, 0.717) is 37.3 Å². The van der Waals surface area contributed by atoms with Crippen LogP contribution in [0.1, 0.15) is 52.4 Å². The molecule has 0 fully saturated rings. The molecule has 10 heteroatoms. The summed E-state index contributed by atoms with van der Waals surface area (Å²) in [5.74, 6) is -0.210. The van der Waals surface area contributed by atoms with Gasteiger partial charge in [-0.15, -0.1) is 0 Å². The topological polar surface area (TPSA) is 102 Å². The predicted molar refractivity (Wildman–Crippen MR) is 111 cm³/mol. The normalized spacial score (nSPS) is 18.2. The van der Waals surface area contributed by atoms with E-state index in [1.54, 1.807) is 0 Å². The first-order valence-corrected chi connectivity index (χ1v) is 11.5. The number of esters is 1. The van der Waals surface area contributed by atoms with E-state index in [9.17, 15) is 13.2 Å². The number of ether oxygens (including phenoxy) is 2. The summed E-state index contributed by atoms with van der Waals surface area (Å²) < 4.78 is 45.1. The highest BCUT2D eigenvalue weighted by Gasteiger charge is 2.30. The molecule has 1 atom stereocenters. The van der Waals surface area contributed by atoms with E-state index in [-0.39, 0.29) is 12.6 Å². The zero-order chi connectivity index (χ0) is 22.2. The smallest absolute Gasteiger partial charge is 0.397 e. The molecule has 1 heterocycles. The van der Waals surface area contributed by atoms with Crippen molar-refractivity contribution in [3.63, 3.8) is 0 Å². The van der Waals surface area contributed by atoms with Gasteiger partial charge in [0.15, 0.2) is 12.7 Å². The standard InChI is InChI=1S/C11H20N2O3.C8H18O4S/c1-4-15-7-8-16-11(14)9-13(3)6-5-12(2)10-13;1-2-3-4-5-6-7-8-12-13(9,10)11/h5-6,10H,4,7-9H2,1-3H3;2-8H2,1H3,(H,9,10,11)/q+2;. The summed E-state index contributed by atoms with van der Waals surface area (Å²) in [6.07, 6.45) is 12.2. The molecule has 170 valence electrons. The SMILES string of the molecule is CCCCCCCCOS(=O)(=O)O.CCOCCOC(=O)C[N+]1(C)C=C[N+](C)=C1. The number of likely N-dealkylation sites (N-methyl/N-ethyl adjacent to an activating group) is 1. The zero-order valence-corrected chi connectivity index (χ0v) is 19.0. The van der Waals surface area contributed by atoms with E-state index in [2.05, 4.69) is 11.1 Å². The van der Waals surface area contributed by atoms with E-state index in [1.165, 1.54) is 19.3 Å². The maximum Gasteiger partial charge on any atom is 0.397 e. The summed E-state index contributed by atoms with van der Waals surface area (Å²) in [6, 6.07) is 0. The minimum Gasteiger partial charge on any atom is -0.459 e. The zero-order valence-electron chi connectivity index (χ0n) is 18.2. The molecule has 0 aromatic rings. The second kappa shape index (κ2) is 15.5. The molecule has 0 radical (unpaired) electrons. The van der Waals surface area contributed by atoms with Crippen LogP contribution >= 0.6 is 0 Å². The Morgan fingerprint density at radius 2 is 1.72 bits per heavy atom. The van der Waals surface area contributed by atoms with Crippen molar-refractivity contribution in [1.29, 1.82) is 0 Å². The molecule has 0 saturated heterocycles. The van der Waals surface area contributed by atoms with Gasteiger partial charge in [-0.25, -0.2) is 13.5 Å². The van der Waals surface area contributed by atoms with Crippen molar-refractivity contribution in [3.8, 4) is 0 Å². The van der Waals surface area contributed by atoms with Gasteiger partial charge in [0.1, 0.15) is 13.7 Å². The largest absolute Gasteiger partial charge is 0.459 e. The van der Waals surface area contributed by atoms with Gasteiger partial charge in [0, 0.05) is 6.61 Å². The average molecular weight is 439 g/mol. The molecule has 1 rings (SSSR count). The molecular weight excluding hydrogens is 400 g/mol. The number of quaternary nitrogens is 1. The molecule has 0 amide bonds. The quantitative estimate of drug-likeness (QED) is 0.146. The number of unbranched alkanes of at least 4 members (excludes halogenated alkanes) is 5. The van der Waals surface area contributed by atoms with Crippen LogP contribution in [0.15, 0.2) is 12.4 Å². The Bertz CT molecular complexity index is 620. The summed E-state index contributed by atoms with van der Waals surface area (Å²) in [5.41, 5.74) is 0. The van der Waals surface area contributed by atoms with Crippen molar-refractivity contribution in [1.82, 2.24) is 0 Å². The van der Waals surface area contributed by atoms with Crippen LogP contribution in [0.25, 0.3) is 0 Å². The minimum absolute atomic E-state index is 0.0883. The highest BCUT2D eigenvalue weighted by atomic mass is 32.3. The summed E-state index contributed by atoms with van der Waals surface area (Å²) in [5, 5.41) is 0. The van der Waals surface area contributed by atoms with Crippen molar-refractivity contribution in [2.45, 2.75) is 52.4 Å². The molecule has 0 spiro atoms. The van der Waals surface area contributed by atoms with Crippen LogP contribution < -0.4 is 0 Å². The van der Waals surface area contributed by atoms with Crippen molar-refractivity contribution in [2.24, 2.45) is 0 Å². The maximum absolute atomic E-state index is 11.5. The highest BCUT2D eigenvalue weighted by molar-refractivity contribution is 7.80.